The van der Waals surface area contributed by atoms with Crippen LogP contribution in [0.4, 0.5) is 13.2 Å². The van der Waals surface area contributed by atoms with Gasteiger partial charge in [0.15, 0.2) is 11.5 Å². The van der Waals surface area contributed by atoms with Crippen LogP contribution in [0.2, 0.25) is 0 Å². The summed E-state index contributed by atoms with van der Waals surface area (Å²) in [7, 11) is 0. The first kappa shape index (κ1) is 20.2. The Hall–Kier alpha value is -3.76. The third kappa shape index (κ3) is 3.59. The van der Waals surface area contributed by atoms with Crippen LogP contribution in [0.5, 0.6) is 0 Å². The van der Waals surface area contributed by atoms with Gasteiger partial charge in [-0.05, 0) is 49.6 Å². The lowest BCUT2D eigenvalue weighted by molar-refractivity contribution is -0.137. The molecule has 1 fully saturated rings. The van der Waals surface area contributed by atoms with Gasteiger partial charge in [0.05, 0.1) is 28.8 Å². The lowest BCUT2D eigenvalue weighted by Crippen LogP contribution is -2.31. The number of hydrogen-bond acceptors (Lipinski definition) is 5. The molecule has 1 aliphatic rings. The van der Waals surface area contributed by atoms with Crippen LogP contribution in [-0.2, 0) is 6.18 Å². The van der Waals surface area contributed by atoms with Crippen LogP contribution in [-0.4, -0.2) is 47.3 Å². The van der Waals surface area contributed by atoms with Crippen LogP contribution in [0, 0.1) is 6.92 Å². The van der Waals surface area contributed by atoms with E-state index < -0.39 is 11.7 Å². The van der Waals surface area contributed by atoms with Crippen molar-refractivity contribution < 1.29 is 18.0 Å². The number of likely N-dealkylation sites (tertiary alicyclic amines) is 1. The number of nitrogens with zero attached hydrogens (tertiary/aromatic N) is 6. The van der Waals surface area contributed by atoms with Gasteiger partial charge in [0.25, 0.3) is 5.91 Å². The van der Waals surface area contributed by atoms with E-state index in [1.54, 1.807) is 4.90 Å². The fourth-order valence-corrected chi connectivity index (χ4v) is 3.91. The number of aromatic nitrogens is 6. The van der Waals surface area contributed by atoms with E-state index in [2.05, 4.69) is 25.3 Å². The minimum Gasteiger partial charge on any atom is -0.340 e. The molecule has 1 saturated heterocycles. The molecule has 1 aliphatic heterocycles. The van der Waals surface area contributed by atoms with Crippen LogP contribution in [0.3, 0.4) is 0 Å². The Balaban J connectivity index is 1.38. The molecule has 4 heterocycles. The predicted octanol–water partition coefficient (Wildman–Crippen LogP) is 3.84. The SMILES string of the molecule is Cc1ccc2nc(C3CCCN3C(=O)c3cn(-c4ccc(C(F)(F)F)cn4)nn3)[nH]c2c1. The van der Waals surface area contributed by atoms with E-state index in [0.29, 0.717) is 12.4 Å². The predicted molar refractivity (Wildman–Crippen MR) is 108 cm³/mol. The molecule has 5 rings (SSSR count). The maximum absolute atomic E-state index is 13.1. The maximum atomic E-state index is 13.1. The number of nitrogens with one attached hydrogen (secondary N) is 1. The molecule has 32 heavy (non-hydrogen) atoms. The molecular weight excluding hydrogens is 423 g/mol. The molecule has 1 atom stereocenters. The molecule has 0 radical (unpaired) electrons. The monoisotopic (exact) mass is 441 g/mol. The molecule has 1 amide bonds. The molecular formula is C21H18F3N7O. The number of halogens is 3. The quantitative estimate of drug-likeness (QED) is 0.522. The number of fused-ring (bicyclic) bond motifs is 1. The fourth-order valence-electron chi connectivity index (χ4n) is 3.91. The molecule has 0 saturated carbocycles. The summed E-state index contributed by atoms with van der Waals surface area (Å²) in [6, 6.07) is 7.80. The minimum atomic E-state index is -4.48. The van der Waals surface area contributed by atoms with Gasteiger partial charge in [-0.15, -0.1) is 5.10 Å². The number of pyridine rings is 1. The summed E-state index contributed by atoms with van der Waals surface area (Å²) >= 11 is 0. The Morgan fingerprint density at radius 2 is 2.06 bits per heavy atom. The number of amides is 1. The van der Waals surface area contributed by atoms with Gasteiger partial charge in [-0.2, -0.15) is 13.2 Å². The lowest BCUT2D eigenvalue weighted by atomic mass is 10.2. The highest BCUT2D eigenvalue weighted by molar-refractivity contribution is 5.92. The van der Waals surface area contributed by atoms with Gasteiger partial charge in [0.1, 0.15) is 5.82 Å². The van der Waals surface area contributed by atoms with E-state index in [9.17, 15) is 18.0 Å². The second-order valence-corrected chi connectivity index (χ2v) is 7.75. The van der Waals surface area contributed by atoms with Crippen molar-refractivity contribution in [2.45, 2.75) is 32.0 Å². The number of carbonyl (C=O) groups is 1. The van der Waals surface area contributed by atoms with E-state index >= 15 is 0 Å². The Morgan fingerprint density at radius 3 is 2.81 bits per heavy atom. The summed E-state index contributed by atoms with van der Waals surface area (Å²) in [6.45, 7) is 2.55. The van der Waals surface area contributed by atoms with E-state index in [-0.39, 0.29) is 23.5 Å². The van der Waals surface area contributed by atoms with Gasteiger partial charge in [-0.3, -0.25) is 4.79 Å². The van der Waals surface area contributed by atoms with E-state index in [1.165, 1.54) is 16.9 Å². The van der Waals surface area contributed by atoms with Crippen molar-refractivity contribution in [1.82, 2.24) is 34.8 Å². The Morgan fingerprint density at radius 1 is 1.22 bits per heavy atom. The minimum absolute atomic E-state index is 0.0885. The molecule has 164 valence electrons. The van der Waals surface area contributed by atoms with Gasteiger partial charge >= 0.3 is 6.18 Å². The van der Waals surface area contributed by atoms with Crippen molar-refractivity contribution in [2.75, 3.05) is 6.54 Å². The molecule has 3 aromatic heterocycles. The second kappa shape index (κ2) is 7.43. The van der Waals surface area contributed by atoms with Gasteiger partial charge in [0.2, 0.25) is 0 Å². The van der Waals surface area contributed by atoms with Crippen LogP contribution < -0.4 is 0 Å². The third-order valence-electron chi connectivity index (χ3n) is 5.51. The molecule has 1 aromatic carbocycles. The first-order valence-corrected chi connectivity index (χ1v) is 10.0. The summed E-state index contributed by atoms with van der Waals surface area (Å²) in [5.41, 5.74) is 2.09. The van der Waals surface area contributed by atoms with Gasteiger partial charge in [-0.25, -0.2) is 14.6 Å². The van der Waals surface area contributed by atoms with E-state index in [0.717, 1.165) is 41.7 Å². The number of hydrogen-bond donors (Lipinski definition) is 1. The van der Waals surface area contributed by atoms with Crippen molar-refractivity contribution in [3.8, 4) is 5.82 Å². The van der Waals surface area contributed by atoms with Gasteiger partial charge in [-0.1, -0.05) is 11.3 Å². The van der Waals surface area contributed by atoms with Crippen molar-refractivity contribution in [3.63, 3.8) is 0 Å². The number of benzene rings is 1. The van der Waals surface area contributed by atoms with Crippen molar-refractivity contribution in [2.24, 2.45) is 0 Å². The molecule has 8 nitrogen and oxygen atoms in total. The zero-order valence-electron chi connectivity index (χ0n) is 17.0. The molecule has 0 spiro atoms. The number of carbonyl (C=O) groups excluding carboxylic acids is 1. The number of H-pyrrole nitrogens is 1. The first-order chi connectivity index (χ1) is 15.3. The standard InChI is InChI=1S/C21H18F3N7O/c1-12-4-6-14-15(9-12)27-19(26-14)17-3-2-8-30(17)20(32)16-11-31(29-28-16)18-7-5-13(10-25-18)21(22,23)24/h4-7,9-11,17H,2-3,8H2,1H3,(H,26,27). The van der Waals surface area contributed by atoms with Gasteiger partial charge in [0, 0.05) is 12.7 Å². The first-order valence-electron chi connectivity index (χ1n) is 10.0. The largest absolute Gasteiger partial charge is 0.417 e. The molecule has 11 heteroatoms. The summed E-state index contributed by atoms with van der Waals surface area (Å²) in [5, 5.41) is 7.78. The topological polar surface area (TPSA) is 92.6 Å². The normalized spacial score (nSPS) is 16.8. The molecule has 4 aromatic rings. The fraction of sp³-hybridized carbons (Fsp3) is 0.286. The zero-order chi connectivity index (χ0) is 22.5. The number of alkyl halides is 3. The Kier molecular flexibility index (Phi) is 4.68. The maximum Gasteiger partial charge on any atom is 0.417 e. The van der Waals surface area contributed by atoms with E-state index in [1.807, 2.05) is 25.1 Å². The van der Waals surface area contributed by atoms with Gasteiger partial charge < -0.3 is 9.88 Å². The average Bonchev–Trinajstić information content (AvgIpc) is 3.50. The van der Waals surface area contributed by atoms with Crippen molar-refractivity contribution in [1.29, 1.82) is 0 Å². The Labute approximate surface area is 180 Å². The highest BCUT2D eigenvalue weighted by Gasteiger charge is 2.34. The number of imidazole rings is 1. The summed E-state index contributed by atoms with van der Waals surface area (Å²) in [6.07, 6.45) is -0.803. The average molecular weight is 441 g/mol. The molecule has 0 bridgehead atoms. The van der Waals surface area contributed by atoms with Crippen LogP contribution in [0.1, 0.15) is 46.3 Å². The highest BCUT2D eigenvalue weighted by Crippen LogP contribution is 2.33. The zero-order valence-corrected chi connectivity index (χ0v) is 17.0. The smallest absolute Gasteiger partial charge is 0.340 e. The Bertz CT molecular complexity index is 1290. The summed E-state index contributed by atoms with van der Waals surface area (Å²) < 4.78 is 39.4. The number of aromatic amines is 1. The molecule has 1 N–H and O–H groups in total. The third-order valence-corrected chi connectivity index (χ3v) is 5.51. The number of rotatable bonds is 3. The lowest BCUT2D eigenvalue weighted by Gasteiger charge is -2.21. The van der Waals surface area contributed by atoms with Crippen LogP contribution in [0.25, 0.3) is 16.9 Å². The highest BCUT2D eigenvalue weighted by atomic mass is 19.4. The summed E-state index contributed by atoms with van der Waals surface area (Å²) in [5.74, 6) is 0.533. The second-order valence-electron chi connectivity index (χ2n) is 7.75. The van der Waals surface area contributed by atoms with E-state index in [4.69, 9.17) is 0 Å². The van der Waals surface area contributed by atoms with Crippen LogP contribution in [0.15, 0.2) is 42.7 Å². The molecule has 1 unspecified atom stereocenters. The number of aryl methyl sites for hydroxylation is 1. The van der Waals surface area contributed by atoms with Crippen molar-refractivity contribution in [3.05, 3.63) is 65.4 Å². The van der Waals surface area contributed by atoms with Crippen molar-refractivity contribution >= 4 is 16.9 Å². The van der Waals surface area contributed by atoms with Crippen LogP contribution >= 0.6 is 0 Å². The molecule has 0 aliphatic carbocycles. The summed E-state index contributed by atoms with van der Waals surface area (Å²) in [4.78, 5) is 26.6.